The van der Waals surface area contributed by atoms with Gasteiger partial charge in [-0.3, -0.25) is 0 Å². The summed E-state index contributed by atoms with van der Waals surface area (Å²) in [6.07, 6.45) is 1.48. The first-order valence-electron chi connectivity index (χ1n) is 8.52. The summed E-state index contributed by atoms with van der Waals surface area (Å²) in [7, 11) is 0. The maximum atomic E-state index is 5.89. The number of rotatable bonds is 1. The highest BCUT2D eigenvalue weighted by Crippen LogP contribution is 2.37. The van der Waals surface area contributed by atoms with Crippen LogP contribution < -0.4 is 25.3 Å². The van der Waals surface area contributed by atoms with E-state index in [-0.39, 0.29) is 6.23 Å². The number of nitrogens with one attached hydrogen (secondary N) is 1. The van der Waals surface area contributed by atoms with Crippen molar-refractivity contribution in [3.63, 3.8) is 0 Å². The predicted molar refractivity (Wildman–Crippen MR) is 107 cm³/mol. The molecule has 0 fully saturated rings. The number of nitrogens with two attached hydrogens (primary N) is 1. The van der Waals surface area contributed by atoms with Crippen LogP contribution in [0.2, 0.25) is 0 Å². The summed E-state index contributed by atoms with van der Waals surface area (Å²) >= 11 is 4.18. The molecule has 0 amide bonds. The normalized spacial score (nSPS) is 16.3. The Morgan fingerprint density at radius 1 is 0.963 bits per heavy atom. The number of fused-ring (bicyclic) bond motifs is 2. The predicted octanol–water partition coefficient (Wildman–Crippen LogP) is 3.91. The van der Waals surface area contributed by atoms with E-state index < -0.39 is 0 Å². The molecule has 0 aliphatic carbocycles. The molecule has 2 aliphatic heterocycles. The number of nitrogen functional groups attached to an aromatic ring is 1. The fourth-order valence-electron chi connectivity index (χ4n) is 2.80. The van der Waals surface area contributed by atoms with Gasteiger partial charge in [-0.05, 0) is 36.4 Å². The highest BCUT2D eigenvalue weighted by Gasteiger charge is 2.25. The van der Waals surface area contributed by atoms with E-state index in [1.54, 1.807) is 6.20 Å². The van der Waals surface area contributed by atoms with Gasteiger partial charge in [0.2, 0.25) is 0 Å². The van der Waals surface area contributed by atoms with Gasteiger partial charge in [0.1, 0.15) is 13.2 Å². The van der Waals surface area contributed by atoms with Gasteiger partial charge in [0.05, 0.1) is 0 Å². The lowest BCUT2D eigenvalue weighted by atomic mass is 10.1. The standard InChI is InChI=1S/C12H11N3O.C8H8O2S/c13-9-5-2-1-4-8(9)12-15-11-10(16-12)6-3-7-14-11;11-6-1-2-7-8(5-6)10-4-3-9-7/h1-7,12H,13H2,(H,14,15);1-2,5,11H,3-4H2. The lowest BCUT2D eigenvalue weighted by Gasteiger charge is -2.17. The molecule has 0 spiro atoms. The fourth-order valence-corrected chi connectivity index (χ4v) is 2.99. The molecule has 3 N–H and O–H groups in total. The van der Waals surface area contributed by atoms with Crippen molar-refractivity contribution in [1.82, 2.24) is 4.98 Å². The smallest absolute Gasteiger partial charge is 0.199 e. The first-order valence-corrected chi connectivity index (χ1v) is 8.96. The lowest BCUT2D eigenvalue weighted by molar-refractivity contribution is 0.171. The zero-order valence-corrected chi connectivity index (χ0v) is 15.4. The number of hydrogen-bond acceptors (Lipinski definition) is 7. The molecule has 5 rings (SSSR count). The molecule has 2 aliphatic rings. The van der Waals surface area contributed by atoms with Gasteiger partial charge in [-0.1, -0.05) is 18.2 Å². The SMILES string of the molecule is Nc1ccccc1C1Nc2ncccc2O1.Sc1ccc2c(c1)OCCO2. The molecule has 1 atom stereocenters. The number of benzene rings is 2. The fraction of sp³-hybridized carbons (Fsp3) is 0.150. The van der Waals surface area contributed by atoms with Gasteiger partial charge >= 0.3 is 0 Å². The van der Waals surface area contributed by atoms with E-state index in [1.165, 1.54) is 0 Å². The zero-order chi connectivity index (χ0) is 18.6. The van der Waals surface area contributed by atoms with Crippen molar-refractivity contribution in [3.8, 4) is 17.2 Å². The van der Waals surface area contributed by atoms with Crippen LogP contribution in [0.25, 0.3) is 0 Å². The zero-order valence-electron chi connectivity index (χ0n) is 14.5. The van der Waals surface area contributed by atoms with Crippen molar-refractivity contribution in [2.45, 2.75) is 11.1 Å². The molecule has 3 heterocycles. The number of thiol groups is 1. The molecular weight excluding hydrogens is 362 g/mol. The third-order valence-corrected chi connectivity index (χ3v) is 4.37. The van der Waals surface area contributed by atoms with E-state index in [0.29, 0.717) is 18.9 Å². The molecule has 1 unspecified atom stereocenters. The van der Waals surface area contributed by atoms with Crippen molar-refractivity contribution in [1.29, 1.82) is 0 Å². The van der Waals surface area contributed by atoms with Gasteiger partial charge < -0.3 is 25.3 Å². The lowest BCUT2D eigenvalue weighted by Crippen LogP contribution is -2.15. The molecular formula is C20H19N3O3S. The van der Waals surface area contributed by atoms with Crippen LogP contribution in [0, 0.1) is 0 Å². The van der Waals surface area contributed by atoms with Gasteiger partial charge in [0.25, 0.3) is 0 Å². The van der Waals surface area contributed by atoms with E-state index >= 15 is 0 Å². The minimum absolute atomic E-state index is 0.244. The topological polar surface area (TPSA) is 78.6 Å². The molecule has 138 valence electrons. The van der Waals surface area contributed by atoms with E-state index in [1.807, 2.05) is 54.6 Å². The second-order valence-corrected chi connectivity index (χ2v) is 6.47. The Morgan fingerprint density at radius 3 is 2.59 bits per heavy atom. The van der Waals surface area contributed by atoms with Crippen LogP contribution in [-0.4, -0.2) is 18.2 Å². The summed E-state index contributed by atoms with van der Waals surface area (Å²) < 4.78 is 16.4. The average Bonchev–Trinajstić information content (AvgIpc) is 3.13. The summed E-state index contributed by atoms with van der Waals surface area (Å²) in [5, 5.41) is 3.18. The molecule has 3 aromatic rings. The van der Waals surface area contributed by atoms with E-state index in [9.17, 15) is 0 Å². The van der Waals surface area contributed by atoms with Crippen molar-refractivity contribution in [2.24, 2.45) is 0 Å². The van der Waals surface area contributed by atoms with Crippen LogP contribution in [-0.2, 0) is 0 Å². The molecule has 0 saturated heterocycles. The van der Waals surface area contributed by atoms with Gasteiger partial charge in [-0.15, -0.1) is 12.6 Å². The van der Waals surface area contributed by atoms with Crippen LogP contribution in [0.4, 0.5) is 11.5 Å². The monoisotopic (exact) mass is 381 g/mol. The highest BCUT2D eigenvalue weighted by atomic mass is 32.1. The molecule has 0 saturated carbocycles. The van der Waals surface area contributed by atoms with Crippen molar-refractivity contribution < 1.29 is 14.2 Å². The number of ether oxygens (including phenoxy) is 3. The minimum Gasteiger partial charge on any atom is -0.486 e. The van der Waals surface area contributed by atoms with Crippen LogP contribution in [0.1, 0.15) is 11.8 Å². The second-order valence-electron chi connectivity index (χ2n) is 5.95. The minimum atomic E-state index is -0.244. The molecule has 27 heavy (non-hydrogen) atoms. The summed E-state index contributed by atoms with van der Waals surface area (Å²) in [6, 6.07) is 17.0. The number of nitrogens with zero attached hydrogens (tertiary/aromatic N) is 1. The average molecular weight is 381 g/mol. The first kappa shape index (κ1) is 17.4. The van der Waals surface area contributed by atoms with E-state index in [4.69, 9.17) is 19.9 Å². The summed E-state index contributed by atoms with van der Waals surface area (Å²) in [5.74, 6) is 3.13. The summed E-state index contributed by atoms with van der Waals surface area (Å²) in [4.78, 5) is 5.09. The van der Waals surface area contributed by atoms with Crippen LogP contribution in [0.15, 0.2) is 65.7 Å². The molecule has 6 nitrogen and oxygen atoms in total. The number of hydrogen-bond donors (Lipinski definition) is 3. The van der Waals surface area contributed by atoms with Crippen molar-refractivity contribution >= 4 is 24.1 Å². The van der Waals surface area contributed by atoms with Crippen LogP contribution in [0.5, 0.6) is 17.2 Å². The molecule has 0 radical (unpaired) electrons. The Hall–Kier alpha value is -3.06. The number of anilines is 2. The van der Waals surface area contributed by atoms with E-state index in [2.05, 4.69) is 22.9 Å². The quantitative estimate of drug-likeness (QED) is 0.438. The van der Waals surface area contributed by atoms with Gasteiger partial charge in [-0.25, -0.2) is 4.98 Å². The third-order valence-electron chi connectivity index (χ3n) is 4.09. The second kappa shape index (κ2) is 7.67. The third kappa shape index (κ3) is 3.88. The summed E-state index contributed by atoms with van der Waals surface area (Å²) in [5.41, 5.74) is 7.54. The van der Waals surface area contributed by atoms with Gasteiger partial charge in [0.15, 0.2) is 29.3 Å². The Labute approximate surface area is 162 Å². The van der Waals surface area contributed by atoms with Gasteiger partial charge in [-0.2, -0.15) is 0 Å². The Morgan fingerprint density at radius 2 is 1.78 bits per heavy atom. The van der Waals surface area contributed by atoms with E-state index in [0.717, 1.165) is 33.5 Å². The Kier molecular flexibility index (Phi) is 4.93. The maximum Gasteiger partial charge on any atom is 0.199 e. The Bertz CT molecular complexity index is 926. The first-order chi connectivity index (χ1) is 13.2. The molecule has 7 heteroatoms. The van der Waals surface area contributed by atoms with Crippen LogP contribution >= 0.6 is 12.6 Å². The largest absolute Gasteiger partial charge is 0.486 e. The number of pyridine rings is 1. The Balaban J connectivity index is 0.000000143. The molecule has 1 aromatic heterocycles. The maximum absolute atomic E-state index is 5.89. The highest BCUT2D eigenvalue weighted by molar-refractivity contribution is 7.80. The van der Waals surface area contributed by atoms with Crippen molar-refractivity contribution in [2.75, 3.05) is 24.3 Å². The van der Waals surface area contributed by atoms with Gasteiger partial charge in [0, 0.05) is 22.3 Å². The van der Waals surface area contributed by atoms with Crippen molar-refractivity contribution in [3.05, 3.63) is 66.4 Å². The van der Waals surface area contributed by atoms with Crippen LogP contribution in [0.3, 0.4) is 0 Å². The molecule has 0 bridgehead atoms. The molecule has 2 aromatic carbocycles. The number of para-hydroxylation sites is 1. The number of aromatic nitrogens is 1. The summed E-state index contributed by atoms with van der Waals surface area (Å²) in [6.45, 7) is 1.27.